The van der Waals surface area contributed by atoms with Gasteiger partial charge < -0.3 is 15.5 Å². The summed E-state index contributed by atoms with van der Waals surface area (Å²) in [5, 5.41) is 6.46. The van der Waals surface area contributed by atoms with Crippen molar-refractivity contribution in [2.45, 2.75) is 45.3 Å². The highest BCUT2D eigenvalue weighted by atomic mass is 35.5. The Kier molecular flexibility index (Phi) is 5.42. The Hall–Kier alpha value is -2.53. The molecule has 1 aliphatic heterocycles. The summed E-state index contributed by atoms with van der Waals surface area (Å²) in [6.45, 7) is 6.18. The fraction of sp³-hybridized carbons (Fsp3) is 0.333. The van der Waals surface area contributed by atoms with Crippen molar-refractivity contribution in [2.75, 3.05) is 5.32 Å². The molecule has 5 nitrogen and oxygen atoms in total. The molecule has 3 amide bonds. The zero-order valence-corrected chi connectivity index (χ0v) is 16.5. The molecule has 1 atom stereocenters. The fourth-order valence-electron chi connectivity index (χ4n) is 3.15. The first-order valence-corrected chi connectivity index (χ1v) is 9.33. The molecule has 0 radical (unpaired) electrons. The minimum atomic E-state index is -0.563. The number of nitrogens with one attached hydrogen (secondary N) is 2. The van der Waals surface area contributed by atoms with Gasteiger partial charge in [0, 0.05) is 29.2 Å². The maximum atomic E-state index is 12.9. The van der Waals surface area contributed by atoms with Gasteiger partial charge in [0.05, 0.1) is 0 Å². The maximum Gasteiger partial charge on any atom is 0.322 e. The maximum absolute atomic E-state index is 12.9. The molecule has 1 heterocycles. The minimum absolute atomic E-state index is 0.150. The number of halogens is 1. The van der Waals surface area contributed by atoms with Crippen LogP contribution in [0.2, 0.25) is 5.02 Å². The van der Waals surface area contributed by atoms with Crippen LogP contribution >= 0.6 is 11.6 Å². The number of urea groups is 1. The number of anilines is 1. The molecule has 0 spiro atoms. The summed E-state index contributed by atoms with van der Waals surface area (Å²) in [7, 11) is 0. The van der Waals surface area contributed by atoms with Gasteiger partial charge in [-0.1, -0.05) is 35.9 Å². The van der Waals surface area contributed by atoms with E-state index in [1.54, 1.807) is 29.2 Å². The Balaban J connectivity index is 1.85. The Morgan fingerprint density at radius 2 is 1.67 bits per heavy atom. The molecule has 142 valence electrons. The van der Waals surface area contributed by atoms with Crippen LogP contribution in [-0.4, -0.2) is 28.4 Å². The van der Waals surface area contributed by atoms with Gasteiger partial charge in [-0.2, -0.15) is 0 Å². The van der Waals surface area contributed by atoms with Crippen LogP contribution in [0.15, 0.2) is 48.5 Å². The van der Waals surface area contributed by atoms with Gasteiger partial charge in [0.2, 0.25) is 5.91 Å². The number of hydrogen-bond acceptors (Lipinski definition) is 2. The molecule has 27 heavy (non-hydrogen) atoms. The van der Waals surface area contributed by atoms with E-state index < -0.39 is 6.04 Å². The normalized spacial score (nSPS) is 16.4. The van der Waals surface area contributed by atoms with Crippen molar-refractivity contribution in [3.8, 4) is 0 Å². The Labute approximate surface area is 164 Å². The van der Waals surface area contributed by atoms with E-state index in [1.165, 1.54) is 0 Å². The molecule has 0 unspecified atom stereocenters. The number of fused-ring (bicyclic) bond motifs is 1. The van der Waals surface area contributed by atoms with Crippen LogP contribution < -0.4 is 10.6 Å². The lowest BCUT2D eigenvalue weighted by molar-refractivity contribution is -0.127. The number of amides is 3. The zero-order valence-electron chi connectivity index (χ0n) is 15.8. The Morgan fingerprint density at radius 3 is 2.30 bits per heavy atom. The molecule has 0 saturated carbocycles. The highest BCUT2D eigenvalue weighted by Gasteiger charge is 2.35. The summed E-state index contributed by atoms with van der Waals surface area (Å²) < 4.78 is 0. The van der Waals surface area contributed by atoms with E-state index in [1.807, 2.05) is 45.0 Å². The summed E-state index contributed by atoms with van der Waals surface area (Å²) in [4.78, 5) is 27.4. The minimum Gasteiger partial charge on any atom is -0.350 e. The Morgan fingerprint density at radius 1 is 1.04 bits per heavy atom. The third-order valence-corrected chi connectivity index (χ3v) is 4.66. The molecule has 2 N–H and O–H groups in total. The molecule has 0 aromatic heterocycles. The first-order chi connectivity index (χ1) is 12.7. The van der Waals surface area contributed by atoms with Gasteiger partial charge in [-0.3, -0.25) is 4.79 Å². The van der Waals surface area contributed by atoms with Gasteiger partial charge in [0.15, 0.2) is 0 Å². The lowest BCUT2D eigenvalue weighted by Gasteiger charge is -2.37. The topological polar surface area (TPSA) is 61.4 Å². The molecule has 2 aromatic carbocycles. The molecule has 1 aliphatic rings. The summed E-state index contributed by atoms with van der Waals surface area (Å²) >= 11 is 5.90. The third-order valence-electron chi connectivity index (χ3n) is 4.41. The standard InChI is InChI=1S/C21H24ClN3O2/c1-21(2,3)24-19(26)18-12-14-6-4-5-7-15(14)13-25(18)20(27)23-17-10-8-16(22)9-11-17/h4-11,18H,12-13H2,1-3H3,(H,23,27)(H,24,26)/t18-/m0/s1. The average Bonchev–Trinajstić information content (AvgIpc) is 2.61. The molecule has 0 saturated heterocycles. The number of hydrogen-bond donors (Lipinski definition) is 2. The van der Waals surface area contributed by atoms with Crippen LogP contribution in [0.25, 0.3) is 0 Å². The van der Waals surface area contributed by atoms with Gasteiger partial charge in [-0.05, 0) is 56.2 Å². The molecule has 6 heteroatoms. The molecule has 3 rings (SSSR count). The summed E-state index contributed by atoms with van der Waals surface area (Å²) in [5.74, 6) is -0.150. The first-order valence-electron chi connectivity index (χ1n) is 8.95. The van der Waals surface area contributed by atoms with Crippen molar-refractivity contribution in [1.29, 1.82) is 0 Å². The highest BCUT2D eigenvalue weighted by Crippen LogP contribution is 2.25. The second kappa shape index (κ2) is 7.61. The van der Waals surface area contributed by atoms with Crippen LogP contribution in [0.1, 0.15) is 31.9 Å². The van der Waals surface area contributed by atoms with Crippen molar-refractivity contribution in [3.63, 3.8) is 0 Å². The van der Waals surface area contributed by atoms with Gasteiger partial charge in [-0.15, -0.1) is 0 Å². The lowest BCUT2D eigenvalue weighted by Crippen LogP contribution is -2.56. The van der Waals surface area contributed by atoms with Gasteiger partial charge in [0.1, 0.15) is 6.04 Å². The second-order valence-electron chi connectivity index (χ2n) is 7.79. The monoisotopic (exact) mass is 385 g/mol. The van der Waals surface area contributed by atoms with Crippen molar-refractivity contribution in [1.82, 2.24) is 10.2 Å². The van der Waals surface area contributed by atoms with E-state index in [0.29, 0.717) is 23.7 Å². The van der Waals surface area contributed by atoms with Crippen LogP contribution in [0.4, 0.5) is 10.5 Å². The molecule has 0 bridgehead atoms. The molecule has 2 aromatic rings. The van der Waals surface area contributed by atoms with E-state index in [0.717, 1.165) is 11.1 Å². The van der Waals surface area contributed by atoms with E-state index in [9.17, 15) is 9.59 Å². The number of rotatable bonds is 2. The van der Waals surface area contributed by atoms with Crippen molar-refractivity contribution >= 4 is 29.2 Å². The summed E-state index contributed by atoms with van der Waals surface area (Å²) in [6.07, 6.45) is 0.492. The number of carbonyl (C=O) groups excluding carboxylic acids is 2. The average molecular weight is 386 g/mol. The predicted molar refractivity (Wildman–Crippen MR) is 108 cm³/mol. The van der Waals surface area contributed by atoms with Crippen LogP contribution in [0, 0.1) is 0 Å². The number of nitrogens with zero attached hydrogens (tertiary/aromatic N) is 1. The van der Waals surface area contributed by atoms with E-state index in [-0.39, 0.29) is 17.5 Å². The van der Waals surface area contributed by atoms with Gasteiger partial charge in [-0.25, -0.2) is 4.79 Å². The van der Waals surface area contributed by atoms with Gasteiger partial charge in [0.25, 0.3) is 0 Å². The Bertz CT molecular complexity index is 843. The lowest BCUT2D eigenvalue weighted by atomic mass is 9.93. The summed E-state index contributed by atoms with van der Waals surface area (Å²) in [5.41, 5.74) is 2.43. The molecule has 0 fully saturated rings. The highest BCUT2D eigenvalue weighted by molar-refractivity contribution is 6.30. The van der Waals surface area contributed by atoms with Crippen molar-refractivity contribution in [2.24, 2.45) is 0 Å². The van der Waals surface area contributed by atoms with Crippen molar-refractivity contribution in [3.05, 3.63) is 64.7 Å². The molecule has 0 aliphatic carbocycles. The van der Waals surface area contributed by atoms with Crippen molar-refractivity contribution < 1.29 is 9.59 Å². The summed E-state index contributed by atoms with van der Waals surface area (Å²) in [6, 6.07) is 14.0. The van der Waals surface area contributed by atoms with E-state index in [4.69, 9.17) is 11.6 Å². The molecular formula is C21H24ClN3O2. The second-order valence-corrected chi connectivity index (χ2v) is 8.23. The SMILES string of the molecule is CC(C)(C)NC(=O)[C@@H]1Cc2ccccc2CN1C(=O)Nc1ccc(Cl)cc1. The molecular weight excluding hydrogens is 362 g/mol. The van der Waals surface area contributed by atoms with Crippen LogP contribution in [0.3, 0.4) is 0 Å². The van der Waals surface area contributed by atoms with Crippen LogP contribution in [0.5, 0.6) is 0 Å². The predicted octanol–water partition coefficient (Wildman–Crippen LogP) is 4.21. The third kappa shape index (κ3) is 4.80. The van der Waals surface area contributed by atoms with E-state index >= 15 is 0 Å². The number of benzene rings is 2. The van der Waals surface area contributed by atoms with E-state index in [2.05, 4.69) is 10.6 Å². The smallest absolute Gasteiger partial charge is 0.322 e. The largest absolute Gasteiger partial charge is 0.350 e. The quantitative estimate of drug-likeness (QED) is 0.813. The zero-order chi connectivity index (χ0) is 19.6. The first kappa shape index (κ1) is 19.2. The fourth-order valence-corrected chi connectivity index (χ4v) is 3.28. The number of carbonyl (C=O) groups is 2. The van der Waals surface area contributed by atoms with Crippen LogP contribution in [-0.2, 0) is 17.8 Å². The van der Waals surface area contributed by atoms with Gasteiger partial charge >= 0.3 is 6.03 Å².